The molecule has 0 saturated heterocycles. The van der Waals surface area contributed by atoms with E-state index in [-0.39, 0.29) is 54.2 Å². The van der Waals surface area contributed by atoms with Crippen LogP contribution < -0.4 is 15.4 Å². The van der Waals surface area contributed by atoms with Gasteiger partial charge in [0, 0.05) is 50.8 Å². The van der Waals surface area contributed by atoms with E-state index >= 15 is 0 Å². The van der Waals surface area contributed by atoms with Gasteiger partial charge in [0.05, 0.1) is 36.8 Å². The van der Waals surface area contributed by atoms with Crippen LogP contribution in [0.15, 0.2) is 18.2 Å². The molecule has 13 heteroatoms. The van der Waals surface area contributed by atoms with Gasteiger partial charge in [-0.05, 0) is 64.2 Å². The molecule has 0 aromatic heterocycles. The Morgan fingerprint density at radius 1 is 1.11 bits per heavy atom. The number of urea groups is 1. The van der Waals surface area contributed by atoms with Gasteiger partial charge in [0.2, 0.25) is 5.91 Å². The summed E-state index contributed by atoms with van der Waals surface area (Å²) in [5.41, 5.74) is 0.277. The molecular formula is C33H51F3N4O6. The fraction of sp³-hybridized carbons (Fsp3) is 0.727. The van der Waals surface area contributed by atoms with Gasteiger partial charge in [-0.2, -0.15) is 13.2 Å². The molecule has 2 aliphatic rings. The van der Waals surface area contributed by atoms with Crippen LogP contribution in [-0.2, 0) is 9.53 Å². The normalized spacial score (nSPS) is 23.0. The number of aliphatic hydroxyl groups is 1. The molecule has 4 atom stereocenters. The predicted molar refractivity (Wildman–Crippen MR) is 169 cm³/mol. The summed E-state index contributed by atoms with van der Waals surface area (Å²) < 4.78 is 50.5. The Morgan fingerprint density at radius 2 is 1.80 bits per heavy atom. The first kappa shape index (κ1) is 37.4. The van der Waals surface area contributed by atoms with Crippen LogP contribution in [0.3, 0.4) is 0 Å². The maximum atomic E-state index is 14.2. The summed E-state index contributed by atoms with van der Waals surface area (Å²) in [4.78, 5) is 42.6. The topological polar surface area (TPSA) is 120 Å². The smallest absolute Gasteiger partial charge is 0.389 e. The van der Waals surface area contributed by atoms with Gasteiger partial charge in [0.15, 0.2) is 0 Å². The summed E-state index contributed by atoms with van der Waals surface area (Å²) in [5, 5.41) is 15.7. The van der Waals surface area contributed by atoms with Crippen molar-refractivity contribution in [2.45, 2.75) is 115 Å². The number of likely N-dealkylation sites (N-methyl/N-ethyl adjacent to an activating group) is 1. The second-order valence-electron chi connectivity index (χ2n) is 12.8. The van der Waals surface area contributed by atoms with E-state index in [0.717, 1.165) is 38.5 Å². The van der Waals surface area contributed by atoms with Gasteiger partial charge < -0.3 is 35.0 Å². The molecule has 1 saturated carbocycles. The highest BCUT2D eigenvalue weighted by Gasteiger charge is 2.32. The number of amides is 4. The van der Waals surface area contributed by atoms with Crippen molar-refractivity contribution in [1.29, 1.82) is 0 Å². The largest absolute Gasteiger partial charge is 0.490 e. The minimum absolute atomic E-state index is 0.117. The van der Waals surface area contributed by atoms with Gasteiger partial charge in [-0.15, -0.1) is 0 Å². The fourth-order valence-electron chi connectivity index (χ4n) is 5.83. The number of aliphatic hydroxyl groups excluding tert-OH is 1. The first-order valence-electron chi connectivity index (χ1n) is 16.5. The second kappa shape index (κ2) is 17.7. The molecule has 1 heterocycles. The lowest BCUT2D eigenvalue weighted by Gasteiger charge is -2.36. The fourth-order valence-corrected chi connectivity index (χ4v) is 5.83. The van der Waals surface area contributed by atoms with E-state index in [1.54, 1.807) is 18.9 Å². The summed E-state index contributed by atoms with van der Waals surface area (Å²) in [6.07, 6.45) is 0.402. The summed E-state index contributed by atoms with van der Waals surface area (Å²) in [6, 6.07) is 3.82. The molecule has 1 aliphatic carbocycles. The number of hydrogen-bond acceptors (Lipinski definition) is 6. The van der Waals surface area contributed by atoms with Crippen LogP contribution >= 0.6 is 0 Å². The first-order chi connectivity index (χ1) is 21.8. The standard InChI is InChI=1S/C33H51F3N4O6/c1-22-19-40(23(2)21-41)31(43)27-18-26(37-30(42)15-16-33(34,35)36)13-14-28(27)46-24(3)10-8-9-17-45-29(22)20-39(4)32(44)38-25-11-6-5-7-12-25/h13-14,18,22-25,29,41H,5-12,15-17,19-21H2,1-4H3,(H,37,42)(H,38,44)/t22-,23+,24+,29-/m1/s1. The Morgan fingerprint density at radius 3 is 2.48 bits per heavy atom. The van der Waals surface area contributed by atoms with Crippen LogP contribution in [0.2, 0.25) is 0 Å². The lowest BCUT2D eigenvalue weighted by molar-refractivity contribution is -0.142. The lowest BCUT2D eigenvalue weighted by Crippen LogP contribution is -2.50. The number of hydrogen-bond donors (Lipinski definition) is 3. The number of fused-ring (bicyclic) bond motifs is 1. The molecule has 0 spiro atoms. The lowest BCUT2D eigenvalue weighted by atomic mass is 9.96. The van der Waals surface area contributed by atoms with Crippen molar-refractivity contribution in [3.05, 3.63) is 23.8 Å². The average Bonchev–Trinajstić information content (AvgIpc) is 3.01. The third kappa shape index (κ3) is 11.9. The SMILES string of the molecule is C[C@@H]1CN([C@@H](C)CO)C(=O)c2cc(NC(=O)CCC(F)(F)F)ccc2O[C@@H](C)CCCCO[C@@H]1CN(C)C(=O)NC1CCCCC1. The van der Waals surface area contributed by atoms with Crippen molar-refractivity contribution in [1.82, 2.24) is 15.1 Å². The zero-order valence-corrected chi connectivity index (χ0v) is 27.5. The predicted octanol–water partition coefficient (Wildman–Crippen LogP) is 5.74. The van der Waals surface area contributed by atoms with Gasteiger partial charge in [-0.1, -0.05) is 26.2 Å². The second-order valence-corrected chi connectivity index (χ2v) is 12.8. The molecule has 10 nitrogen and oxygen atoms in total. The third-order valence-electron chi connectivity index (χ3n) is 8.70. The molecule has 1 fully saturated rings. The number of nitrogens with zero attached hydrogens (tertiary/aromatic N) is 2. The Labute approximate surface area is 270 Å². The number of halogens is 3. The van der Waals surface area contributed by atoms with Crippen LogP contribution in [0.1, 0.15) is 95.3 Å². The van der Waals surface area contributed by atoms with Gasteiger partial charge in [-0.3, -0.25) is 9.59 Å². The highest BCUT2D eigenvalue weighted by Crippen LogP contribution is 2.29. The van der Waals surface area contributed by atoms with E-state index in [0.29, 0.717) is 19.6 Å². The van der Waals surface area contributed by atoms with Crippen LogP contribution in [0, 0.1) is 5.92 Å². The van der Waals surface area contributed by atoms with E-state index in [2.05, 4.69) is 10.6 Å². The average molecular weight is 657 g/mol. The highest BCUT2D eigenvalue weighted by molar-refractivity contribution is 5.99. The zero-order chi connectivity index (χ0) is 33.9. The first-order valence-corrected chi connectivity index (χ1v) is 16.5. The number of anilines is 1. The molecule has 46 heavy (non-hydrogen) atoms. The van der Waals surface area contributed by atoms with Crippen LogP contribution in [-0.4, -0.2) is 96.6 Å². The number of alkyl halides is 3. The van der Waals surface area contributed by atoms with Gasteiger partial charge in [-0.25, -0.2) is 4.79 Å². The van der Waals surface area contributed by atoms with Gasteiger partial charge in [0.25, 0.3) is 5.91 Å². The van der Waals surface area contributed by atoms with Crippen molar-refractivity contribution in [3.63, 3.8) is 0 Å². The van der Waals surface area contributed by atoms with Crippen molar-refractivity contribution < 1.29 is 42.1 Å². The zero-order valence-electron chi connectivity index (χ0n) is 27.5. The Hall–Kier alpha value is -3.06. The van der Waals surface area contributed by atoms with Crippen molar-refractivity contribution >= 4 is 23.5 Å². The van der Waals surface area contributed by atoms with Gasteiger partial charge in [0.1, 0.15) is 5.75 Å². The molecule has 0 bridgehead atoms. The third-order valence-corrected chi connectivity index (χ3v) is 8.70. The van der Waals surface area contributed by atoms with Crippen LogP contribution in [0.5, 0.6) is 5.75 Å². The molecule has 0 unspecified atom stereocenters. The van der Waals surface area contributed by atoms with E-state index in [1.807, 2.05) is 13.8 Å². The molecule has 1 aromatic rings. The number of rotatable bonds is 8. The van der Waals surface area contributed by atoms with E-state index < -0.39 is 43.0 Å². The summed E-state index contributed by atoms with van der Waals surface area (Å²) in [6.45, 7) is 6.15. The Balaban J connectivity index is 1.85. The van der Waals surface area contributed by atoms with Crippen LogP contribution in [0.4, 0.5) is 23.7 Å². The number of benzene rings is 1. The molecule has 0 radical (unpaired) electrons. The molecule has 1 aromatic carbocycles. The van der Waals surface area contributed by atoms with Crippen LogP contribution in [0.25, 0.3) is 0 Å². The van der Waals surface area contributed by atoms with E-state index in [4.69, 9.17) is 9.47 Å². The molecule has 4 amide bonds. The van der Waals surface area contributed by atoms with E-state index in [9.17, 15) is 32.7 Å². The van der Waals surface area contributed by atoms with Gasteiger partial charge >= 0.3 is 12.2 Å². The Bertz CT molecular complexity index is 1150. The molecule has 3 rings (SSSR count). The molecule has 1 aliphatic heterocycles. The van der Waals surface area contributed by atoms with Crippen molar-refractivity contribution in [2.24, 2.45) is 5.92 Å². The minimum atomic E-state index is -4.47. The molecule has 260 valence electrons. The quantitative estimate of drug-likeness (QED) is 0.329. The molecule has 3 N–H and O–H groups in total. The highest BCUT2D eigenvalue weighted by atomic mass is 19.4. The summed E-state index contributed by atoms with van der Waals surface area (Å²) >= 11 is 0. The monoisotopic (exact) mass is 656 g/mol. The van der Waals surface area contributed by atoms with Crippen molar-refractivity contribution in [2.75, 3.05) is 38.7 Å². The summed E-state index contributed by atoms with van der Waals surface area (Å²) in [5.74, 6) is -1.27. The maximum absolute atomic E-state index is 14.2. The van der Waals surface area contributed by atoms with Crippen molar-refractivity contribution in [3.8, 4) is 5.75 Å². The van der Waals surface area contributed by atoms with E-state index in [1.165, 1.54) is 29.5 Å². The maximum Gasteiger partial charge on any atom is 0.389 e. The Kier molecular flexibility index (Phi) is 14.4. The number of nitrogens with one attached hydrogen (secondary N) is 2. The number of carbonyl (C=O) groups excluding carboxylic acids is 3. The number of carbonyl (C=O) groups is 3. The summed E-state index contributed by atoms with van der Waals surface area (Å²) in [7, 11) is 1.73. The number of ether oxygens (including phenoxy) is 2. The minimum Gasteiger partial charge on any atom is -0.490 e. The molecular weight excluding hydrogens is 605 g/mol.